The van der Waals surface area contributed by atoms with Gasteiger partial charge >= 0.3 is 6.18 Å². The van der Waals surface area contributed by atoms with Gasteiger partial charge in [-0.05, 0) is 102 Å². The average molecular weight is 979 g/mol. The van der Waals surface area contributed by atoms with Gasteiger partial charge in [0.15, 0.2) is 0 Å². The highest BCUT2D eigenvalue weighted by Crippen LogP contribution is 2.35. The molecule has 3 aliphatic heterocycles. The molecule has 3 aromatic heterocycles. The summed E-state index contributed by atoms with van der Waals surface area (Å²) in [5.74, 6) is 0.0617. The van der Waals surface area contributed by atoms with Crippen LogP contribution in [0.5, 0.6) is 0 Å². The Bertz CT molecular complexity index is 2290. The summed E-state index contributed by atoms with van der Waals surface area (Å²) < 4.78 is 52.2. The number of nitrogens with two attached hydrogens (primary N) is 1. The number of anilines is 1. The number of rotatable bonds is 18. The Morgan fingerprint density at radius 2 is 1.69 bits per heavy atom. The molecule has 4 aliphatic rings. The van der Waals surface area contributed by atoms with Crippen LogP contribution in [0.25, 0.3) is 10.9 Å². The first-order valence-corrected chi connectivity index (χ1v) is 24.3. The molecule has 1 saturated carbocycles. The maximum atomic E-state index is 13.2. The molecule has 2 atom stereocenters. The third kappa shape index (κ3) is 14.9. The van der Waals surface area contributed by atoms with Crippen LogP contribution in [0.3, 0.4) is 0 Å². The summed E-state index contributed by atoms with van der Waals surface area (Å²) >= 11 is 0. The first kappa shape index (κ1) is 53.6. The fourth-order valence-electron chi connectivity index (χ4n) is 9.46. The third-order valence-corrected chi connectivity index (χ3v) is 13.8. The number of amides is 4. The number of nitrogens with zero attached hydrogens (tertiary/aromatic N) is 9. The van der Waals surface area contributed by atoms with Crippen molar-refractivity contribution in [3.8, 4) is 0 Å². The molecule has 6 heterocycles. The second-order valence-corrected chi connectivity index (χ2v) is 18.5. The Morgan fingerprint density at radius 1 is 0.943 bits per heavy atom. The number of carbonyl (C=O) groups is 4. The number of nitrogens with one attached hydrogen (secondary N) is 2. The van der Waals surface area contributed by atoms with Crippen LogP contribution in [-0.2, 0) is 30.0 Å². The molecule has 2 unspecified atom stereocenters. The number of hydrogen-bond acceptors (Lipinski definition) is 13. The summed E-state index contributed by atoms with van der Waals surface area (Å²) in [6.45, 7) is 10.7. The predicted octanol–water partition coefficient (Wildman–Crippen LogP) is 5.09. The standard InChI is InChI=1S/C23H30F3N5O.C16H27N5O4.C10H12N2O/c1-14(2)30(3)16-5-7-17(8-6-16)31-11-10-20(22(31)32)29-21-18-12-15(23(24,25)26)4-9-19(18)27-13-28-21;17-16(23)14-11-19-21(12-14)15-1-4-20(5-2-15)6-8-25-10-9-24-7-3-18-13-22;1-12-9(4-5-10(12)13)8-3-2-6-11-7-8/h4,9,12-14,16-17,20H,5-8,10-11H2,1-3H3,(H,27,28,29);11-13,15H,1-10H2,(H2,17,23)(H,18,22);2-3,6-7,9H,4-5H2,1H3. The molecule has 4 aromatic rings. The van der Waals surface area contributed by atoms with Crippen molar-refractivity contribution < 1.29 is 41.8 Å². The summed E-state index contributed by atoms with van der Waals surface area (Å²) in [7, 11) is 4.01. The number of hydrogen-bond donors (Lipinski definition) is 3. The molecule has 0 radical (unpaired) electrons. The average Bonchev–Trinajstić information content (AvgIpc) is 4.10. The van der Waals surface area contributed by atoms with E-state index in [-0.39, 0.29) is 35.1 Å². The molecule has 21 heteroatoms. The van der Waals surface area contributed by atoms with E-state index < -0.39 is 23.7 Å². The van der Waals surface area contributed by atoms with E-state index in [0.29, 0.717) is 88.0 Å². The monoisotopic (exact) mass is 979 g/mol. The molecule has 18 nitrogen and oxygen atoms in total. The van der Waals surface area contributed by atoms with E-state index in [9.17, 15) is 32.3 Å². The lowest BCUT2D eigenvalue weighted by molar-refractivity contribution is -0.137. The fraction of sp³-hybridized carbons (Fsp3) is 0.592. The number of fused-ring (bicyclic) bond motifs is 1. The van der Waals surface area contributed by atoms with E-state index in [1.165, 1.54) is 18.6 Å². The van der Waals surface area contributed by atoms with Crippen LogP contribution >= 0.6 is 0 Å². The Labute approximate surface area is 407 Å². The number of piperidine rings is 1. The van der Waals surface area contributed by atoms with Gasteiger partial charge in [0.1, 0.15) is 18.2 Å². The maximum absolute atomic E-state index is 13.2. The number of likely N-dealkylation sites (tertiary alicyclic amines) is 3. The predicted molar refractivity (Wildman–Crippen MR) is 257 cm³/mol. The third-order valence-electron chi connectivity index (χ3n) is 13.8. The van der Waals surface area contributed by atoms with Crippen LogP contribution in [0.1, 0.15) is 105 Å². The van der Waals surface area contributed by atoms with Crippen LogP contribution in [0.4, 0.5) is 19.0 Å². The molecular formula is C49H69F3N12O6. The molecule has 0 spiro atoms. The zero-order chi connectivity index (χ0) is 50.2. The SMILES string of the molecule is CC(C)N(C)C1CCC(N2CCC(Nc3ncnc4ccc(C(F)(F)F)cc34)C2=O)CC1.CN1C(=O)CCC1c1cccnc1.NC(=O)c1cnn(C2CCN(CCOCCOCCNC=O)CC2)c1. The summed E-state index contributed by atoms with van der Waals surface area (Å²) in [6, 6.07) is 8.66. The zero-order valence-corrected chi connectivity index (χ0v) is 40.7. The first-order chi connectivity index (χ1) is 33.6. The topological polar surface area (TPSA) is 206 Å². The van der Waals surface area contributed by atoms with Gasteiger partial charge in [-0.1, -0.05) is 6.07 Å². The number of aromatic nitrogens is 5. The summed E-state index contributed by atoms with van der Waals surface area (Å²) in [4.78, 5) is 66.3. The lowest BCUT2D eigenvalue weighted by Gasteiger charge is -2.39. The number of pyridine rings is 1. The van der Waals surface area contributed by atoms with E-state index in [1.807, 2.05) is 35.0 Å². The van der Waals surface area contributed by atoms with Crippen molar-refractivity contribution in [3.05, 3.63) is 78.1 Å². The van der Waals surface area contributed by atoms with Gasteiger partial charge < -0.3 is 45.4 Å². The molecule has 382 valence electrons. The quantitative estimate of drug-likeness (QED) is 0.0880. The molecule has 4 amide bonds. The molecule has 8 rings (SSSR count). The minimum absolute atomic E-state index is 0.00408. The Kier molecular flexibility index (Phi) is 19.8. The van der Waals surface area contributed by atoms with Crippen LogP contribution < -0.4 is 16.4 Å². The maximum Gasteiger partial charge on any atom is 0.416 e. The van der Waals surface area contributed by atoms with E-state index in [1.54, 1.807) is 17.3 Å². The van der Waals surface area contributed by atoms with Gasteiger partial charge in [-0.2, -0.15) is 18.3 Å². The van der Waals surface area contributed by atoms with Gasteiger partial charge in [-0.3, -0.25) is 28.8 Å². The molecule has 70 heavy (non-hydrogen) atoms. The number of carbonyl (C=O) groups excluding carboxylic acids is 4. The van der Waals surface area contributed by atoms with Crippen molar-refractivity contribution >= 4 is 40.9 Å². The number of ether oxygens (including phenoxy) is 2. The second kappa shape index (κ2) is 25.9. The second-order valence-electron chi connectivity index (χ2n) is 18.5. The highest BCUT2D eigenvalue weighted by molar-refractivity contribution is 5.93. The zero-order valence-electron chi connectivity index (χ0n) is 40.7. The summed E-state index contributed by atoms with van der Waals surface area (Å²) in [5.41, 5.74) is 6.50. The Morgan fingerprint density at radius 3 is 2.31 bits per heavy atom. The van der Waals surface area contributed by atoms with Gasteiger partial charge in [0.25, 0.3) is 5.91 Å². The first-order valence-electron chi connectivity index (χ1n) is 24.3. The molecule has 4 fully saturated rings. The summed E-state index contributed by atoms with van der Waals surface area (Å²) in [6.07, 6.45) is 12.6. The number of primary amides is 1. The van der Waals surface area contributed by atoms with Gasteiger partial charge in [0.2, 0.25) is 18.2 Å². The molecular weight excluding hydrogens is 910 g/mol. The molecule has 1 aromatic carbocycles. The summed E-state index contributed by atoms with van der Waals surface area (Å²) in [5, 5.41) is 10.2. The Balaban J connectivity index is 0.000000187. The van der Waals surface area contributed by atoms with Crippen molar-refractivity contribution in [2.75, 3.05) is 78.6 Å². The minimum Gasteiger partial charge on any atom is -0.378 e. The van der Waals surface area contributed by atoms with Gasteiger partial charge in [0, 0.05) is 88.3 Å². The van der Waals surface area contributed by atoms with E-state index in [0.717, 1.165) is 82.3 Å². The number of halogens is 3. The molecule has 1 aliphatic carbocycles. The van der Waals surface area contributed by atoms with E-state index >= 15 is 0 Å². The molecule has 0 bridgehead atoms. The lowest BCUT2D eigenvalue weighted by atomic mass is 9.89. The van der Waals surface area contributed by atoms with Crippen molar-refractivity contribution in [3.63, 3.8) is 0 Å². The van der Waals surface area contributed by atoms with Gasteiger partial charge in [-0.15, -0.1) is 0 Å². The lowest BCUT2D eigenvalue weighted by Crippen LogP contribution is -2.46. The van der Waals surface area contributed by atoms with Crippen molar-refractivity contribution in [1.29, 1.82) is 0 Å². The van der Waals surface area contributed by atoms with Crippen molar-refractivity contribution in [2.24, 2.45) is 5.73 Å². The van der Waals surface area contributed by atoms with Crippen LogP contribution in [0.2, 0.25) is 0 Å². The van der Waals surface area contributed by atoms with Gasteiger partial charge in [0.05, 0.1) is 61.4 Å². The number of alkyl halides is 3. The van der Waals surface area contributed by atoms with Gasteiger partial charge in [-0.25, -0.2) is 9.97 Å². The van der Waals surface area contributed by atoms with Crippen molar-refractivity contribution in [1.82, 2.24) is 49.6 Å². The van der Waals surface area contributed by atoms with E-state index in [2.05, 4.69) is 61.4 Å². The molecule has 3 saturated heterocycles. The Hall–Kier alpha value is -5.77. The fourth-order valence-corrected chi connectivity index (χ4v) is 9.46. The highest BCUT2D eigenvalue weighted by atomic mass is 19.4. The minimum atomic E-state index is -4.45. The highest BCUT2D eigenvalue weighted by Gasteiger charge is 2.39. The van der Waals surface area contributed by atoms with Crippen LogP contribution in [0, 0.1) is 0 Å². The molecule has 4 N–H and O–H groups in total. The largest absolute Gasteiger partial charge is 0.416 e. The normalized spacial score (nSPS) is 21.2. The van der Waals surface area contributed by atoms with Crippen LogP contribution in [0.15, 0.2) is 61.4 Å². The van der Waals surface area contributed by atoms with E-state index in [4.69, 9.17) is 15.2 Å². The number of benzene rings is 1. The van der Waals surface area contributed by atoms with Crippen LogP contribution in [-0.4, -0.2) is 166 Å². The smallest absolute Gasteiger partial charge is 0.378 e. The van der Waals surface area contributed by atoms with Crippen molar-refractivity contribution in [2.45, 2.75) is 114 Å².